The van der Waals surface area contributed by atoms with Crippen molar-refractivity contribution in [2.75, 3.05) is 0 Å². The monoisotopic (exact) mass is 533 g/mol. The van der Waals surface area contributed by atoms with E-state index in [2.05, 4.69) is 47.3 Å². The number of hydrogen-bond acceptors (Lipinski definition) is 5. The predicted molar refractivity (Wildman–Crippen MR) is 104 cm³/mol. The van der Waals surface area contributed by atoms with Crippen LogP contribution in [0.1, 0.15) is 27.4 Å². The molecule has 3 rings (SSSR count). The summed E-state index contributed by atoms with van der Waals surface area (Å²) in [6, 6.07) is 6.62. The number of phenolic OH excluding ortho intramolecular Hbond substituents is 1. The molecule has 0 atom stereocenters. The molecule has 2 aromatic carbocycles. The first-order chi connectivity index (χ1) is 13.5. The van der Waals surface area contributed by atoms with Crippen LogP contribution in [0.5, 0.6) is 5.75 Å². The van der Waals surface area contributed by atoms with Crippen molar-refractivity contribution in [3.63, 3.8) is 0 Å². The second-order valence-corrected chi connectivity index (χ2v) is 7.81. The van der Waals surface area contributed by atoms with Gasteiger partial charge >= 0.3 is 18.0 Å². The lowest BCUT2D eigenvalue weighted by Crippen LogP contribution is -2.23. The van der Waals surface area contributed by atoms with Gasteiger partial charge in [-0.25, -0.2) is 0 Å². The summed E-state index contributed by atoms with van der Waals surface area (Å²) in [7, 11) is 0. The SMILES string of the molecule is Cc1cc(CNC(=O)c2nc(-c3cc(Br)c(O)c(Br)c3)no2)cc(C(F)(F)F)c1. The third-order valence-electron chi connectivity index (χ3n) is 3.81. The van der Waals surface area contributed by atoms with E-state index in [1.165, 1.54) is 12.1 Å². The predicted octanol–water partition coefficient (Wildman–Crippen LogP) is 5.22. The van der Waals surface area contributed by atoms with E-state index < -0.39 is 17.6 Å². The minimum Gasteiger partial charge on any atom is -0.506 e. The summed E-state index contributed by atoms with van der Waals surface area (Å²) in [5.74, 6) is -0.974. The Morgan fingerprint density at radius 1 is 1.17 bits per heavy atom. The van der Waals surface area contributed by atoms with E-state index in [1.807, 2.05) is 0 Å². The number of nitrogens with one attached hydrogen (secondary N) is 1. The molecule has 0 aliphatic rings. The number of carbonyl (C=O) groups is 1. The van der Waals surface area contributed by atoms with Gasteiger partial charge in [0.25, 0.3) is 0 Å². The maximum Gasteiger partial charge on any atom is 0.416 e. The van der Waals surface area contributed by atoms with Crippen LogP contribution in [0.15, 0.2) is 43.8 Å². The Morgan fingerprint density at radius 2 is 1.83 bits per heavy atom. The van der Waals surface area contributed by atoms with Crippen molar-refractivity contribution in [3.8, 4) is 17.1 Å². The molecule has 0 aliphatic carbocycles. The topological polar surface area (TPSA) is 88.2 Å². The number of carbonyl (C=O) groups excluding carboxylic acids is 1. The molecule has 3 aromatic rings. The van der Waals surface area contributed by atoms with Crippen LogP contribution in [0.4, 0.5) is 13.2 Å². The fourth-order valence-electron chi connectivity index (χ4n) is 2.51. The molecule has 0 saturated heterocycles. The van der Waals surface area contributed by atoms with E-state index in [4.69, 9.17) is 4.52 Å². The third kappa shape index (κ3) is 4.96. The summed E-state index contributed by atoms with van der Waals surface area (Å²) in [5, 5.41) is 15.9. The van der Waals surface area contributed by atoms with Crippen LogP contribution in [0.25, 0.3) is 11.4 Å². The summed E-state index contributed by atoms with van der Waals surface area (Å²) < 4.78 is 44.5. The zero-order valence-corrected chi connectivity index (χ0v) is 17.8. The lowest BCUT2D eigenvalue weighted by molar-refractivity contribution is -0.137. The van der Waals surface area contributed by atoms with Gasteiger partial charge in [-0.1, -0.05) is 16.8 Å². The van der Waals surface area contributed by atoms with Gasteiger partial charge in [-0.2, -0.15) is 18.2 Å². The van der Waals surface area contributed by atoms with Crippen molar-refractivity contribution in [3.05, 3.63) is 61.9 Å². The molecular formula is C18H12Br2F3N3O3. The highest BCUT2D eigenvalue weighted by Crippen LogP contribution is 2.36. The number of amides is 1. The molecule has 6 nitrogen and oxygen atoms in total. The Kier molecular flexibility index (Phi) is 5.99. The highest BCUT2D eigenvalue weighted by Gasteiger charge is 2.31. The van der Waals surface area contributed by atoms with Crippen molar-refractivity contribution in [1.29, 1.82) is 0 Å². The van der Waals surface area contributed by atoms with Crippen LogP contribution >= 0.6 is 31.9 Å². The average molecular weight is 535 g/mol. The smallest absolute Gasteiger partial charge is 0.416 e. The molecule has 0 aliphatic heterocycles. The number of nitrogens with zero attached hydrogens (tertiary/aromatic N) is 2. The summed E-state index contributed by atoms with van der Waals surface area (Å²) in [6.07, 6.45) is -4.47. The Morgan fingerprint density at radius 3 is 2.45 bits per heavy atom. The number of aromatic nitrogens is 2. The van der Waals surface area contributed by atoms with Crippen molar-refractivity contribution in [1.82, 2.24) is 15.5 Å². The van der Waals surface area contributed by atoms with Crippen molar-refractivity contribution < 1.29 is 27.6 Å². The van der Waals surface area contributed by atoms with Crippen LogP contribution in [0, 0.1) is 6.92 Å². The quantitative estimate of drug-likeness (QED) is 0.479. The number of alkyl halides is 3. The summed E-state index contributed by atoms with van der Waals surface area (Å²) in [6.45, 7) is 1.40. The Balaban J connectivity index is 1.74. The molecule has 0 unspecified atom stereocenters. The largest absolute Gasteiger partial charge is 0.506 e. The van der Waals surface area contributed by atoms with E-state index in [-0.39, 0.29) is 29.6 Å². The number of rotatable bonds is 4. The first-order valence-electron chi connectivity index (χ1n) is 8.02. The van der Waals surface area contributed by atoms with Crippen LogP contribution in [-0.4, -0.2) is 21.2 Å². The molecule has 29 heavy (non-hydrogen) atoms. The molecule has 0 radical (unpaired) electrons. The molecule has 1 heterocycles. The number of hydrogen-bond donors (Lipinski definition) is 2. The highest BCUT2D eigenvalue weighted by atomic mass is 79.9. The summed E-state index contributed by atoms with van der Waals surface area (Å²) in [4.78, 5) is 16.2. The number of phenols is 1. The standard InChI is InChI=1S/C18H12Br2F3N3O3/c1-8-2-9(4-11(3-8)18(21,22)23)7-24-16(28)17-25-15(26-29-17)10-5-12(19)14(27)13(20)6-10/h2-6,27H,7H2,1H3,(H,24,28). The molecular weight excluding hydrogens is 523 g/mol. The molecule has 0 saturated carbocycles. The van der Waals surface area contributed by atoms with Gasteiger partial charge in [0.05, 0.1) is 14.5 Å². The van der Waals surface area contributed by atoms with Crippen molar-refractivity contribution in [2.45, 2.75) is 19.6 Å². The molecule has 1 aromatic heterocycles. The Labute approximate surface area is 179 Å². The fourth-order valence-corrected chi connectivity index (χ4v) is 3.70. The van der Waals surface area contributed by atoms with Gasteiger partial charge < -0.3 is 14.9 Å². The maximum atomic E-state index is 12.9. The van der Waals surface area contributed by atoms with Crippen LogP contribution in [0.3, 0.4) is 0 Å². The normalized spacial score (nSPS) is 11.5. The average Bonchev–Trinajstić information content (AvgIpc) is 3.13. The first kappa shape index (κ1) is 21.3. The van der Waals surface area contributed by atoms with Gasteiger partial charge in [-0.15, -0.1) is 0 Å². The molecule has 0 spiro atoms. The van der Waals surface area contributed by atoms with E-state index in [1.54, 1.807) is 13.0 Å². The number of aromatic hydroxyl groups is 1. The summed E-state index contributed by atoms with van der Waals surface area (Å²) >= 11 is 6.36. The van der Waals surface area contributed by atoms with Crippen LogP contribution in [0.2, 0.25) is 0 Å². The number of benzene rings is 2. The van der Waals surface area contributed by atoms with Gasteiger partial charge in [-0.3, -0.25) is 4.79 Å². The maximum absolute atomic E-state index is 12.9. The molecule has 0 fully saturated rings. The second kappa shape index (κ2) is 8.15. The fraction of sp³-hybridized carbons (Fsp3) is 0.167. The van der Waals surface area contributed by atoms with Gasteiger partial charge in [0.15, 0.2) is 0 Å². The van der Waals surface area contributed by atoms with Gasteiger partial charge in [0, 0.05) is 12.1 Å². The van der Waals surface area contributed by atoms with E-state index in [0.717, 1.165) is 12.1 Å². The zero-order chi connectivity index (χ0) is 21.3. The summed E-state index contributed by atoms with van der Waals surface area (Å²) in [5.41, 5.74) is 0.396. The molecule has 11 heteroatoms. The van der Waals surface area contributed by atoms with Crippen molar-refractivity contribution in [2.24, 2.45) is 0 Å². The Bertz CT molecular complexity index is 1060. The lowest BCUT2D eigenvalue weighted by Gasteiger charge is -2.10. The molecule has 152 valence electrons. The first-order valence-corrected chi connectivity index (χ1v) is 9.61. The van der Waals surface area contributed by atoms with Gasteiger partial charge in [0.2, 0.25) is 5.82 Å². The lowest BCUT2D eigenvalue weighted by atomic mass is 10.1. The third-order valence-corrected chi connectivity index (χ3v) is 5.02. The zero-order valence-electron chi connectivity index (χ0n) is 14.6. The Hall–Kier alpha value is -2.40. The van der Waals surface area contributed by atoms with Crippen LogP contribution in [-0.2, 0) is 12.7 Å². The van der Waals surface area contributed by atoms with Crippen molar-refractivity contribution >= 4 is 37.8 Å². The van der Waals surface area contributed by atoms with Gasteiger partial charge in [0.1, 0.15) is 5.75 Å². The number of aryl methyl sites for hydroxylation is 1. The molecule has 1 amide bonds. The van der Waals surface area contributed by atoms with E-state index >= 15 is 0 Å². The number of halogens is 5. The molecule has 0 bridgehead atoms. The minimum atomic E-state index is -4.47. The minimum absolute atomic E-state index is 0.00779. The van der Waals surface area contributed by atoms with E-state index in [9.17, 15) is 23.1 Å². The van der Waals surface area contributed by atoms with E-state index in [0.29, 0.717) is 20.1 Å². The molecule has 2 N–H and O–H groups in total. The van der Waals surface area contributed by atoms with Crippen LogP contribution < -0.4 is 5.32 Å². The highest BCUT2D eigenvalue weighted by molar-refractivity contribution is 9.11. The second-order valence-electron chi connectivity index (χ2n) is 6.10. The van der Waals surface area contributed by atoms with Gasteiger partial charge in [-0.05, 0) is 68.6 Å².